The van der Waals surface area contributed by atoms with Crippen LogP contribution in [0.2, 0.25) is 0 Å². The van der Waals surface area contributed by atoms with Crippen LogP contribution in [0.3, 0.4) is 0 Å². The third-order valence-corrected chi connectivity index (χ3v) is 5.49. The molecule has 0 atom stereocenters. The molecule has 0 amide bonds. The highest BCUT2D eigenvalue weighted by atomic mass is 32.2. The van der Waals surface area contributed by atoms with Gasteiger partial charge < -0.3 is 4.98 Å². The van der Waals surface area contributed by atoms with Crippen molar-refractivity contribution in [3.05, 3.63) is 45.2 Å². The number of H-pyrrole nitrogens is 1. The van der Waals surface area contributed by atoms with Crippen molar-refractivity contribution in [3.63, 3.8) is 0 Å². The standard InChI is InChI=1S/C18H25N3O3S/c1-12-8-13(2)17-14(9-12)10-15(18(22)19-17)11-21-6-4-16(5-7-21)20-25(3,23)24/h8-10,16,20H,4-7,11H2,1-3H3,(H,19,22). The molecule has 1 aromatic heterocycles. The van der Waals surface area contributed by atoms with Gasteiger partial charge in [-0.25, -0.2) is 13.1 Å². The van der Waals surface area contributed by atoms with Crippen LogP contribution in [-0.4, -0.2) is 43.7 Å². The van der Waals surface area contributed by atoms with Crippen LogP contribution < -0.4 is 10.3 Å². The molecule has 0 bridgehead atoms. The summed E-state index contributed by atoms with van der Waals surface area (Å²) in [6.07, 6.45) is 2.71. The maximum absolute atomic E-state index is 12.4. The molecule has 2 heterocycles. The van der Waals surface area contributed by atoms with E-state index in [9.17, 15) is 13.2 Å². The first kappa shape index (κ1) is 18.1. The van der Waals surface area contributed by atoms with Crippen LogP contribution in [0.5, 0.6) is 0 Å². The highest BCUT2D eigenvalue weighted by molar-refractivity contribution is 7.88. The average molecular weight is 363 g/mol. The molecular formula is C18H25N3O3S. The molecule has 0 aliphatic carbocycles. The van der Waals surface area contributed by atoms with Crippen LogP contribution >= 0.6 is 0 Å². The van der Waals surface area contributed by atoms with E-state index < -0.39 is 10.0 Å². The summed E-state index contributed by atoms with van der Waals surface area (Å²) in [6.45, 7) is 6.19. The fourth-order valence-corrected chi connectivity index (χ4v) is 4.44. The van der Waals surface area contributed by atoms with Gasteiger partial charge in [0.1, 0.15) is 0 Å². The summed E-state index contributed by atoms with van der Waals surface area (Å²) < 4.78 is 25.3. The van der Waals surface area contributed by atoms with E-state index in [1.807, 2.05) is 13.0 Å². The smallest absolute Gasteiger partial charge is 0.252 e. The third-order valence-electron chi connectivity index (χ3n) is 4.73. The highest BCUT2D eigenvalue weighted by Gasteiger charge is 2.22. The molecule has 1 aliphatic heterocycles. The Morgan fingerprint density at radius 1 is 1.20 bits per heavy atom. The number of aryl methyl sites for hydroxylation is 2. The lowest BCUT2D eigenvalue weighted by atomic mass is 10.0. The number of fused-ring (bicyclic) bond motifs is 1. The van der Waals surface area contributed by atoms with Crippen molar-refractivity contribution in [3.8, 4) is 0 Å². The largest absolute Gasteiger partial charge is 0.321 e. The molecule has 25 heavy (non-hydrogen) atoms. The van der Waals surface area contributed by atoms with Crippen molar-refractivity contribution >= 4 is 20.9 Å². The van der Waals surface area contributed by atoms with Crippen LogP contribution in [0.15, 0.2) is 23.0 Å². The number of sulfonamides is 1. The molecule has 0 unspecified atom stereocenters. The molecule has 1 aromatic carbocycles. The van der Waals surface area contributed by atoms with E-state index in [-0.39, 0.29) is 11.6 Å². The molecule has 7 heteroatoms. The minimum atomic E-state index is -3.16. The summed E-state index contributed by atoms with van der Waals surface area (Å²) in [5.41, 5.74) is 3.86. The van der Waals surface area contributed by atoms with Crippen LogP contribution in [-0.2, 0) is 16.6 Å². The van der Waals surface area contributed by atoms with Crippen molar-refractivity contribution in [1.82, 2.24) is 14.6 Å². The molecule has 0 radical (unpaired) electrons. The predicted molar refractivity (Wildman–Crippen MR) is 100 cm³/mol. The first-order chi connectivity index (χ1) is 11.7. The zero-order valence-corrected chi connectivity index (χ0v) is 15.7. The van der Waals surface area contributed by atoms with Gasteiger partial charge in [-0.1, -0.05) is 11.6 Å². The summed E-state index contributed by atoms with van der Waals surface area (Å²) in [5.74, 6) is 0. The Morgan fingerprint density at radius 3 is 2.52 bits per heavy atom. The van der Waals surface area contributed by atoms with Gasteiger partial charge in [0, 0.05) is 31.2 Å². The molecule has 0 saturated carbocycles. The van der Waals surface area contributed by atoms with Crippen molar-refractivity contribution in [2.24, 2.45) is 0 Å². The van der Waals surface area contributed by atoms with Gasteiger partial charge in [0.15, 0.2) is 0 Å². The Labute approximate surface area is 148 Å². The third kappa shape index (κ3) is 4.48. The molecule has 1 fully saturated rings. The summed E-state index contributed by atoms with van der Waals surface area (Å²) in [6, 6.07) is 6.13. The fourth-order valence-electron chi connectivity index (χ4n) is 3.60. The molecule has 0 spiro atoms. The number of piperidine rings is 1. The van der Waals surface area contributed by atoms with Crippen molar-refractivity contribution in [1.29, 1.82) is 0 Å². The van der Waals surface area contributed by atoms with E-state index in [0.29, 0.717) is 6.54 Å². The minimum absolute atomic E-state index is 0.00793. The molecule has 2 aromatic rings. The number of aromatic nitrogens is 1. The number of aromatic amines is 1. The Hall–Kier alpha value is -1.70. The first-order valence-corrected chi connectivity index (χ1v) is 10.4. The zero-order chi connectivity index (χ0) is 18.2. The van der Waals surface area contributed by atoms with Crippen LogP contribution in [0, 0.1) is 13.8 Å². The molecule has 1 aliphatic rings. The van der Waals surface area contributed by atoms with Gasteiger partial charge in [0.05, 0.1) is 11.8 Å². The van der Waals surface area contributed by atoms with Crippen molar-refractivity contribution < 1.29 is 8.42 Å². The van der Waals surface area contributed by atoms with E-state index in [2.05, 4.69) is 33.7 Å². The lowest BCUT2D eigenvalue weighted by molar-refractivity contribution is 0.199. The second-order valence-corrected chi connectivity index (χ2v) is 8.89. The number of hydrogen-bond donors (Lipinski definition) is 2. The van der Waals surface area contributed by atoms with Crippen molar-refractivity contribution in [2.45, 2.75) is 39.3 Å². The van der Waals surface area contributed by atoms with Crippen LogP contribution in [0.1, 0.15) is 29.5 Å². The van der Waals surface area contributed by atoms with Gasteiger partial charge >= 0.3 is 0 Å². The molecular weight excluding hydrogens is 338 g/mol. The predicted octanol–water partition coefficient (Wildman–Crippen LogP) is 1.66. The van der Waals surface area contributed by atoms with E-state index in [1.54, 1.807) is 0 Å². The highest BCUT2D eigenvalue weighted by Crippen LogP contribution is 2.19. The SMILES string of the molecule is Cc1cc(C)c2[nH]c(=O)c(CN3CCC(NS(C)(=O)=O)CC3)cc2c1. The number of hydrogen-bond acceptors (Lipinski definition) is 4. The molecule has 2 N–H and O–H groups in total. The van der Waals surface area contributed by atoms with Crippen molar-refractivity contribution in [2.75, 3.05) is 19.3 Å². The number of pyridine rings is 1. The lowest BCUT2D eigenvalue weighted by Crippen LogP contribution is -2.44. The maximum Gasteiger partial charge on any atom is 0.252 e. The van der Waals surface area contributed by atoms with Gasteiger partial charge in [-0.3, -0.25) is 9.69 Å². The summed E-state index contributed by atoms with van der Waals surface area (Å²) in [7, 11) is -3.16. The normalized spacial score (nSPS) is 17.2. The van der Waals surface area contributed by atoms with E-state index in [4.69, 9.17) is 0 Å². The van der Waals surface area contributed by atoms with E-state index >= 15 is 0 Å². The Kier molecular flexibility index (Phi) is 4.99. The molecule has 3 rings (SSSR count). The first-order valence-electron chi connectivity index (χ1n) is 8.54. The summed E-state index contributed by atoms with van der Waals surface area (Å²) >= 11 is 0. The number of rotatable bonds is 4. The van der Waals surface area contributed by atoms with E-state index in [1.165, 1.54) is 11.8 Å². The number of nitrogens with zero attached hydrogens (tertiary/aromatic N) is 1. The monoisotopic (exact) mass is 363 g/mol. The Morgan fingerprint density at radius 2 is 1.88 bits per heavy atom. The molecule has 1 saturated heterocycles. The summed E-state index contributed by atoms with van der Waals surface area (Å²) in [5, 5.41) is 1.06. The number of nitrogens with one attached hydrogen (secondary N) is 2. The van der Waals surface area contributed by atoms with Gasteiger partial charge in [0.25, 0.3) is 5.56 Å². The van der Waals surface area contributed by atoms with Gasteiger partial charge in [0.2, 0.25) is 10.0 Å². The number of benzene rings is 1. The average Bonchev–Trinajstić information content (AvgIpc) is 2.49. The van der Waals surface area contributed by atoms with Crippen LogP contribution in [0.4, 0.5) is 0 Å². The molecule has 136 valence electrons. The van der Waals surface area contributed by atoms with Gasteiger partial charge in [-0.2, -0.15) is 0 Å². The fraction of sp³-hybridized carbons (Fsp3) is 0.500. The lowest BCUT2D eigenvalue weighted by Gasteiger charge is -2.31. The van der Waals surface area contributed by atoms with Crippen LogP contribution in [0.25, 0.3) is 10.9 Å². The van der Waals surface area contributed by atoms with Gasteiger partial charge in [-0.05, 0) is 49.8 Å². The maximum atomic E-state index is 12.4. The zero-order valence-electron chi connectivity index (χ0n) is 14.9. The second kappa shape index (κ2) is 6.90. The number of likely N-dealkylation sites (tertiary alicyclic amines) is 1. The minimum Gasteiger partial charge on any atom is -0.321 e. The Balaban J connectivity index is 1.74. The summed E-state index contributed by atoms with van der Waals surface area (Å²) in [4.78, 5) is 17.6. The van der Waals surface area contributed by atoms with Gasteiger partial charge in [-0.15, -0.1) is 0 Å². The topological polar surface area (TPSA) is 82.3 Å². The Bertz CT molecular complexity index is 942. The van der Waals surface area contributed by atoms with E-state index in [0.717, 1.165) is 48.0 Å². The second-order valence-electron chi connectivity index (χ2n) is 7.11. The quantitative estimate of drug-likeness (QED) is 0.865. The molecule has 6 nitrogen and oxygen atoms in total.